The molecular weight excluding hydrogens is 356 g/mol. The molecule has 7 nitrogen and oxygen atoms in total. The molecule has 0 aliphatic rings. The van der Waals surface area contributed by atoms with E-state index in [1.54, 1.807) is 12.3 Å². The van der Waals surface area contributed by atoms with Crippen LogP contribution >= 0.6 is 0 Å². The molecule has 1 N–H and O–H groups in total. The monoisotopic (exact) mass is 378 g/mol. The number of hydrogen-bond acceptors (Lipinski definition) is 4. The number of hydrogen-bond donors (Lipinski definition) is 1. The molecule has 1 amide bonds. The van der Waals surface area contributed by atoms with Crippen molar-refractivity contribution in [3.05, 3.63) is 70.5 Å². The smallest absolute Gasteiger partial charge is 0.291 e. The van der Waals surface area contributed by atoms with Crippen LogP contribution in [0.25, 0.3) is 16.6 Å². The summed E-state index contributed by atoms with van der Waals surface area (Å²) in [5.41, 5.74) is 2.61. The van der Waals surface area contributed by atoms with E-state index in [4.69, 9.17) is 4.42 Å². The zero-order valence-corrected chi connectivity index (χ0v) is 15.9. The van der Waals surface area contributed by atoms with Crippen LogP contribution in [0.2, 0.25) is 0 Å². The largest absolute Gasteiger partial charge is 0.463 e. The van der Waals surface area contributed by atoms with Gasteiger partial charge in [-0.05, 0) is 12.0 Å². The van der Waals surface area contributed by atoms with E-state index in [0.717, 1.165) is 11.1 Å². The summed E-state index contributed by atoms with van der Waals surface area (Å²) in [7, 11) is 0. The fraction of sp³-hybridized carbons (Fsp3) is 0.286. The Labute approximate surface area is 161 Å². The Morgan fingerprint density at radius 1 is 1.18 bits per heavy atom. The third-order valence-electron chi connectivity index (χ3n) is 4.94. The summed E-state index contributed by atoms with van der Waals surface area (Å²) in [5, 5.41) is 7.45. The molecule has 28 heavy (non-hydrogen) atoms. The van der Waals surface area contributed by atoms with Crippen molar-refractivity contribution in [3.8, 4) is 0 Å². The number of rotatable bonds is 6. The van der Waals surface area contributed by atoms with Crippen molar-refractivity contribution >= 4 is 22.5 Å². The number of aryl methyl sites for hydroxylation is 1. The summed E-state index contributed by atoms with van der Waals surface area (Å²) >= 11 is 0. The van der Waals surface area contributed by atoms with Gasteiger partial charge in [0.2, 0.25) is 5.91 Å². The number of carbonyl (C=O) groups excluding carboxylic acids is 1. The van der Waals surface area contributed by atoms with Gasteiger partial charge >= 0.3 is 0 Å². The molecule has 0 saturated carbocycles. The topological polar surface area (TPSA) is 81.5 Å². The second kappa shape index (κ2) is 7.34. The minimum Gasteiger partial charge on any atom is -0.463 e. The molecule has 0 bridgehead atoms. The van der Waals surface area contributed by atoms with E-state index in [9.17, 15) is 9.59 Å². The quantitative estimate of drug-likeness (QED) is 0.559. The van der Waals surface area contributed by atoms with Crippen molar-refractivity contribution in [2.24, 2.45) is 0 Å². The molecule has 3 aromatic heterocycles. The Hall–Kier alpha value is -3.35. The predicted octanol–water partition coefficient (Wildman–Crippen LogP) is 3.07. The average molecular weight is 378 g/mol. The third kappa shape index (κ3) is 2.98. The van der Waals surface area contributed by atoms with Crippen LogP contribution in [0, 0.1) is 0 Å². The standard InChI is InChI=1S/C21H22N4O3/c1-3-15(20(26)22-13-14-8-6-5-7-9-14)25-21(27)17-12-18-16(10-11-28-18)24(17)19(4-2)23-25/h5-12,15H,3-4,13H2,1-2H3,(H,22,26). The number of furan rings is 1. The van der Waals surface area contributed by atoms with Crippen molar-refractivity contribution < 1.29 is 9.21 Å². The lowest BCUT2D eigenvalue weighted by Gasteiger charge is -2.18. The molecule has 1 aromatic carbocycles. The third-order valence-corrected chi connectivity index (χ3v) is 4.94. The lowest BCUT2D eigenvalue weighted by atomic mass is 10.2. The fourth-order valence-corrected chi connectivity index (χ4v) is 3.51. The van der Waals surface area contributed by atoms with Crippen LogP contribution < -0.4 is 10.9 Å². The van der Waals surface area contributed by atoms with Crippen LogP contribution in [0.1, 0.15) is 37.7 Å². The Kier molecular flexibility index (Phi) is 4.73. The zero-order chi connectivity index (χ0) is 19.7. The lowest BCUT2D eigenvalue weighted by molar-refractivity contribution is -0.125. The minimum absolute atomic E-state index is 0.220. The normalized spacial score (nSPS) is 12.5. The van der Waals surface area contributed by atoms with Crippen LogP contribution in [-0.2, 0) is 17.8 Å². The first-order chi connectivity index (χ1) is 13.6. The van der Waals surface area contributed by atoms with Crippen LogP contribution in [0.15, 0.2) is 57.9 Å². The zero-order valence-electron chi connectivity index (χ0n) is 15.9. The molecule has 0 spiro atoms. The van der Waals surface area contributed by atoms with E-state index < -0.39 is 6.04 Å². The number of aromatic nitrogens is 3. The molecule has 3 heterocycles. The number of nitrogens with zero attached hydrogens (tertiary/aromatic N) is 3. The first-order valence-corrected chi connectivity index (χ1v) is 9.46. The summed E-state index contributed by atoms with van der Waals surface area (Å²) in [6, 6.07) is 12.5. The van der Waals surface area contributed by atoms with Gasteiger partial charge in [-0.3, -0.25) is 14.0 Å². The van der Waals surface area contributed by atoms with Gasteiger partial charge in [0.25, 0.3) is 5.56 Å². The first kappa shape index (κ1) is 18.0. The van der Waals surface area contributed by atoms with Gasteiger partial charge in [0, 0.05) is 25.1 Å². The van der Waals surface area contributed by atoms with Gasteiger partial charge in [0.15, 0.2) is 5.58 Å². The predicted molar refractivity (Wildman–Crippen MR) is 106 cm³/mol. The average Bonchev–Trinajstić information content (AvgIpc) is 3.31. The molecule has 4 rings (SSSR count). The highest BCUT2D eigenvalue weighted by Crippen LogP contribution is 2.21. The molecule has 4 aromatic rings. The molecule has 0 fully saturated rings. The van der Waals surface area contributed by atoms with E-state index in [-0.39, 0.29) is 11.5 Å². The highest BCUT2D eigenvalue weighted by Gasteiger charge is 2.24. The number of benzene rings is 1. The van der Waals surface area contributed by atoms with Crippen molar-refractivity contribution in [2.45, 2.75) is 39.3 Å². The van der Waals surface area contributed by atoms with Crippen molar-refractivity contribution in [1.82, 2.24) is 19.5 Å². The molecular formula is C21H22N4O3. The Balaban J connectivity index is 1.72. The summed E-state index contributed by atoms with van der Waals surface area (Å²) < 4.78 is 8.57. The summed E-state index contributed by atoms with van der Waals surface area (Å²) in [6.07, 6.45) is 2.67. The Morgan fingerprint density at radius 2 is 1.96 bits per heavy atom. The van der Waals surface area contributed by atoms with Crippen LogP contribution in [-0.4, -0.2) is 20.1 Å². The van der Waals surface area contributed by atoms with Crippen molar-refractivity contribution in [1.29, 1.82) is 0 Å². The van der Waals surface area contributed by atoms with Gasteiger partial charge in [0.05, 0.1) is 11.8 Å². The van der Waals surface area contributed by atoms with Crippen LogP contribution in [0.4, 0.5) is 0 Å². The fourth-order valence-electron chi connectivity index (χ4n) is 3.51. The highest BCUT2D eigenvalue weighted by atomic mass is 16.3. The van der Waals surface area contributed by atoms with E-state index >= 15 is 0 Å². The van der Waals surface area contributed by atoms with Gasteiger partial charge in [-0.15, -0.1) is 0 Å². The molecule has 7 heteroatoms. The van der Waals surface area contributed by atoms with Gasteiger partial charge < -0.3 is 9.73 Å². The van der Waals surface area contributed by atoms with Crippen molar-refractivity contribution in [3.63, 3.8) is 0 Å². The number of carbonyl (C=O) groups is 1. The first-order valence-electron chi connectivity index (χ1n) is 9.46. The van der Waals surface area contributed by atoms with Gasteiger partial charge in [-0.2, -0.15) is 5.10 Å². The maximum Gasteiger partial charge on any atom is 0.291 e. The molecule has 144 valence electrons. The Morgan fingerprint density at radius 3 is 2.68 bits per heavy atom. The molecule has 1 unspecified atom stereocenters. The van der Waals surface area contributed by atoms with Gasteiger partial charge in [-0.1, -0.05) is 44.2 Å². The summed E-state index contributed by atoms with van der Waals surface area (Å²) in [5.74, 6) is 0.489. The van der Waals surface area contributed by atoms with E-state index in [0.29, 0.717) is 36.3 Å². The van der Waals surface area contributed by atoms with Crippen LogP contribution in [0.5, 0.6) is 0 Å². The SMILES string of the molecule is CCc1nn(C(CC)C(=O)NCc2ccccc2)c(=O)c2cc3occc3n12. The minimum atomic E-state index is -0.673. The molecule has 1 atom stereocenters. The molecule has 0 radical (unpaired) electrons. The summed E-state index contributed by atoms with van der Waals surface area (Å²) in [6.45, 7) is 4.26. The second-order valence-corrected chi connectivity index (χ2v) is 6.68. The lowest BCUT2D eigenvalue weighted by Crippen LogP contribution is -2.39. The molecule has 0 saturated heterocycles. The summed E-state index contributed by atoms with van der Waals surface area (Å²) in [4.78, 5) is 25.9. The Bertz CT molecular complexity index is 1190. The maximum absolute atomic E-state index is 13.1. The molecule has 0 aliphatic heterocycles. The van der Waals surface area contributed by atoms with E-state index in [1.165, 1.54) is 4.68 Å². The van der Waals surface area contributed by atoms with E-state index in [1.807, 2.05) is 54.6 Å². The van der Waals surface area contributed by atoms with E-state index in [2.05, 4.69) is 10.4 Å². The number of fused-ring (bicyclic) bond motifs is 3. The second-order valence-electron chi connectivity index (χ2n) is 6.68. The number of amides is 1. The number of nitrogens with one attached hydrogen (secondary N) is 1. The highest BCUT2D eigenvalue weighted by molar-refractivity contribution is 5.83. The maximum atomic E-state index is 13.1. The van der Waals surface area contributed by atoms with Gasteiger partial charge in [-0.25, -0.2) is 4.68 Å². The van der Waals surface area contributed by atoms with Crippen molar-refractivity contribution in [2.75, 3.05) is 0 Å². The van der Waals surface area contributed by atoms with Crippen LogP contribution in [0.3, 0.4) is 0 Å². The molecule has 0 aliphatic carbocycles. The van der Waals surface area contributed by atoms with Gasteiger partial charge in [0.1, 0.15) is 17.4 Å².